The first kappa shape index (κ1) is 18.2. The predicted molar refractivity (Wildman–Crippen MR) is 78.4 cm³/mol. The van der Waals surface area contributed by atoms with Gasteiger partial charge < -0.3 is 14.4 Å². The summed E-state index contributed by atoms with van der Waals surface area (Å²) in [6.45, 7) is 13.0. The Morgan fingerprint density at radius 1 is 1.25 bits per heavy atom. The Bertz CT molecular complexity index is 357. The number of methoxy groups -OCH3 is 1. The minimum atomic E-state index is -0.597. The van der Waals surface area contributed by atoms with E-state index < -0.39 is 11.7 Å². The molecule has 0 spiro atoms. The molecule has 0 bridgehead atoms. The molecule has 0 rings (SSSR count). The number of carbonyl (C=O) groups excluding carboxylic acids is 2. The molecule has 0 aliphatic carbocycles. The average molecular weight is 283 g/mol. The zero-order valence-corrected chi connectivity index (χ0v) is 12.8. The summed E-state index contributed by atoms with van der Waals surface area (Å²) < 4.78 is 10.0. The Kier molecular flexibility index (Phi) is 7.65. The largest absolute Gasteiger partial charge is 0.469 e. The summed E-state index contributed by atoms with van der Waals surface area (Å²) in [4.78, 5) is 25.1. The molecule has 0 saturated heterocycles. The Labute approximate surface area is 121 Å². The van der Waals surface area contributed by atoms with Gasteiger partial charge in [-0.15, -0.1) is 13.2 Å². The lowest BCUT2D eigenvalue weighted by Gasteiger charge is -2.32. The zero-order valence-electron chi connectivity index (χ0n) is 12.8. The van der Waals surface area contributed by atoms with Crippen LogP contribution in [0.4, 0.5) is 4.79 Å². The molecule has 0 aliphatic rings. The van der Waals surface area contributed by atoms with Gasteiger partial charge in [0.25, 0.3) is 0 Å². The molecule has 0 aromatic carbocycles. The van der Waals surface area contributed by atoms with E-state index in [-0.39, 0.29) is 18.4 Å². The van der Waals surface area contributed by atoms with Crippen molar-refractivity contribution in [1.29, 1.82) is 0 Å². The van der Waals surface area contributed by atoms with Gasteiger partial charge in [-0.1, -0.05) is 12.2 Å². The molecule has 0 aromatic rings. The Morgan fingerprint density at radius 3 is 2.25 bits per heavy atom. The van der Waals surface area contributed by atoms with Crippen molar-refractivity contribution in [2.24, 2.45) is 0 Å². The molecule has 5 nitrogen and oxygen atoms in total. The summed E-state index contributed by atoms with van der Waals surface area (Å²) in [6, 6.07) is -0.354. The molecular formula is C15H25NO4. The highest BCUT2D eigenvalue weighted by Gasteiger charge is 2.28. The van der Waals surface area contributed by atoms with Crippen molar-refractivity contribution in [3.63, 3.8) is 0 Å². The first-order chi connectivity index (χ1) is 9.25. The molecule has 0 N–H and O–H groups in total. The summed E-state index contributed by atoms with van der Waals surface area (Å²) in [7, 11) is 1.32. The minimum absolute atomic E-state index is 0.0929. The molecule has 0 heterocycles. The zero-order chi connectivity index (χ0) is 15.8. The van der Waals surface area contributed by atoms with Crippen LogP contribution in [-0.2, 0) is 14.3 Å². The second-order valence-corrected chi connectivity index (χ2v) is 5.38. The molecule has 0 aromatic heterocycles. The maximum absolute atomic E-state index is 12.2. The van der Waals surface area contributed by atoms with Gasteiger partial charge >= 0.3 is 12.1 Å². The van der Waals surface area contributed by atoms with E-state index in [0.717, 1.165) is 0 Å². The smallest absolute Gasteiger partial charge is 0.410 e. The van der Waals surface area contributed by atoms with Gasteiger partial charge in [-0.2, -0.15) is 0 Å². The highest BCUT2D eigenvalue weighted by Crippen LogP contribution is 2.16. The van der Waals surface area contributed by atoms with Crippen molar-refractivity contribution in [3.05, 3.63) is 25.3 Å². The van der Waals surface area contributed by atoms with Crippen LogP contribution < -0.4 is 0 Å². The van der Waals surface area contributed by atoms with Crippen LogP contribution in [0.3, 0.4) is 0 Å². The number of esters is 1. The van der Waals surface area contributed by atoms with E-state index in [9.17, 15) is 9.59 Å². The van der Waals surface area contributed by atoms with E-state index in [1.807, 2.05) is 0 Å². The minimum Gasteiger partial charge on any atom is -0.469 e. The van der Waals surface area contributed by atoms with Crippen molar-refractivity contribution in [2.45, 2.75) is 45.3 Å². The Morgan fingerprint density at radius 2 is 1.85 bits per heavy atom. The lowest BCUT2D eigenvalue weighted by molar-refractivity contribution is -0.141. The van der Waals surface area contributed by atoms with Gasteiger partial charge in [0, 0.05) is 12.6 Å². The highest BCUT2D eigenvalue weighted by atomic mass is 16.6. The van der Waals surface area contributed by atoms with Crippen LogP contribution in [0.5, 0.6) is 0 Å². The number of amides is 1. The van der Waals surface area contributed by atoms with Crippen LogP contribution in [0.2, 0.25) is 0 Å². The maximum Gasteiger partial charge on any atom is 0.410 e. The van der Waals surface area contributed by atoms with Crippen LogP contribution in [0.1, 0.15) is 33.6 Å². The van der Waals surface area contributed by atoms with Crippen molar-refractivity contribution in [1.82, 2.24) is 4.90 Å². The fourth-order valence-electron chi connectivity index (χ4n) is 1.62. The van der Waals surface area contributed by atoms with E-state index in [4.69, 9.17) is 4.74 Å². The van der Waals surface area contributed by atoms with E-state index in [1.54, 1.807) is 32.9 Å². The van der Waals surface area contributed by atoms with Gasteiger partial charge in [-0.05, 0) is 27.2 Å². The maximum atomic E-state index is 12.2. The molecule has 20 heavy (non-hydrogen) atoms. The third-order valence-electron chi connectivity index (χ3n) is 2.46. The van der Waals surface area contributed by atoms with Gasteiger partial charge in [0.15, 0.2) is 0 Å². The summed E-state index contributed by atoms with van der Waals surface area (Å²) in [5.41, 5.74) is -0.597. The van der Waals surface area contributed by atoms with E-state index >= 15 is 0 Å². The van der Waals surface area contributed by atoms with Gasteiger partial charge in [-0.3, -0.25) is 4.79 Å². The van der Waals surface area contributed by atoms with Crippen molar-refractivity contribution in [3.8, 4) is 0 Å². The predicted octanol–water partition coefficient (Wildman–Crippen LogP) is 2.92. The highest BCUT2D eigenvalue weighted by molar-refractivity contribution is 5.73. The average Bonchev–Trinajstić information content (AvgIpc) is 2.33. The van der Waals surface area contributed by atoms with E-state index in [1.165, 1.54) is 12.0 Å². The third-order valence-corrected chi connectivity index (χ3v) is 2.46. The molecule has 0 aliphatic heterocycles. The second-order valence-electron chi connectivity index (χ2n) is 5.38. The first-order valence-corrected chi connectivity index (χ1v) is 6.53. The fraction of sp³-hybridized carbons (Fsp3) is 0.600. The lowest BCUT2D eigenvalue weighted by Crippen LogP contribution is -2.44. The number of nitrogens with zero attached hydrogens (tertiary/aromatic N) is 1. The van der Waals surface area contributed by atoms with Crippen LogP contribution in [0.15, 0.2) is 25.3 Å². The molecule has 114 valence electrons. The van der Waals surface area contributed by atoms with Crippen LogP contribution in [-0.4, -0.2) is 42.3 Å². The monoisotopic (exact) mass is 283 g/mol. The van der Waals surface area contributed by atoms with E-state index in [0.29, 0.717) is 13.0 Å². The molecule has 0 fully saturated rings. The van der Waals surface area contributed by atoms with Gasteiger partial charge in [-0.25, -0.2) is 4.79 Å². The van der Waals surface area contributed by atoms with Crippen molar-refractivity contribution in [2.75, 3.05) is 13.7 Å². The number of hydrogen-bond donors (Lipinski definition) is 0. The van der Waals surface area contributed by atoms with Crippen LogP contribution >= 0.6 is 0 Å². The molecule has 1 amide bonds. The molecular weight excluding hydrogens is 258 g/mol. The van der Waals surface area contributed by atoms with Crippen molar-refractivity contribution < 1.29 is 19.1 Å². The molecule has 0 unspecified atom stereocenters. The summed E-state index contributed by atoms with van der Waals surface area (Å²) in [6.07, 6.45) is 3.34. The second kappa shape index (κ2) is 8.40. The summed E-state index contributed by atoms with van der Waals surface area (Å²) in [5.74, 6) is -0.380. The van der Waals surface area contributed by atoms with Gasteiger partial charge in [0.1, 0.15) is 5.60 Å². The quantitative estimate of drug-likeness (QED) is 0.532. The number of ether oxygens (including phenoxy) is 2. The molecule has 1 atom stereocenters. The molecule has 5 heteroatoms. The lowest BCUT2D eigenvalue weighted by atomic mass is 10.1. The third kappa shape index (κ3) is 6.97. The molecule has 0 radical (unpaired) electrons. The van der Waals surface area contributed by atoms with Crippen LogP contribution in [0, 0.1) is 0 Å². The first-order valence-electron chi connectivity index (χ1n) is 6.53. The van der Waals surface area contributed by atoms with Crippen molar-refractivity contribution >= 4 is 12.1 Å². The van der Waals surface area contributed by atoms with Gasteiger partial charge in [0.2, 0.25) is 0 Å². The molecule has 0 saturated carbocycles. The Hall–Kier alpha value is -1.78. The van der Waals surface area contributed by atoms with E-state index in [2.05, 4.69) is 17.9 Å². The SMILES string of the molecule is C=CC[C@@H](CC(=O)OC)N(CC=C)C(=O)OC(C)(C)C. The summed E-state index contributed by atoms with van der Waals surface area (Å²) in [5, 5.41) is 0. The Balaban J connectivity index is 5.04. The van der Waals surface area contributed by atoms with Gasteiger partial charge in [0.05, 0.1) is 13.5 Å². The number of hydrogen-bond acceptors (Lipinski definition) is 4. The van der Waals surface area contributed by atoms with Crippen LogP contribution in [0.25, 0.3) is 0 Å². The fourth-order valence-corrected chi connectivity index (χ4v) is 1.62. The number of carbonyl (C=O) groups is 2. The summed E-state index contributed by atoms with van der Waals surface area (Å²) >= 11 is 0. The topological polar surface area (TPSA) is 55.8 Å². The number of rotatable bonds is 7. The normalized spacial score (nSPS) is 12.2. The standard InChI is InChI=1S/C15H25NO4/c1-7-9-12(11-13(17)19-6)16(10-8-2)14(18)20-15(3,4)5/h7-8,12H,1-2,9-11H2,3-6H3/t12-/m0/s1.